The molecule has 2 aliphatic heterocycles. The lowest BCUT2D eigenvalue weighted by Gasteiger charge is -2.47. The van der Waals surface area contributed by atoms with Gasteiger partial charge in [0.05, 0.1) is 6.10 Å². The Labute approximate surface area is 212 Å². The molecule has 0 bridgehead atoms. The number of nitrogens with one attached hydrogen (secondary N) is 2. The van der Waals surface area contributed by atoms with Crippen LogP contribution in [0, 0.1) is 5.92 Å². The van der Waals surface area contributed by atoms with Crippen molar-refractivity contribution >= 4 is 15.8 Å². The summed E-state index contributed by atoms with van der Waals surface area (Å²) in [4.78, 5) is 9.93. The summed E-state index contributed by atoms with van der Waals surface area (Å²) in [7, 11) is -3.55. The summed E-state index contributed by atoms with van der Waals surface area (Å²) >= 11 is 0. The van der Waals surface area contributed by atoms with Crippen LogP contribution in [0.2, 0.25) is 0 Å². The molecule has 3 heterocycles. The predicted octanol–water partition coefficient (Wildman–Crippen LogP) is 3.32. The summed E-state index contributed by atoms with van der Waals surface area (Å²) in [5.41, 5.74) is 0.179. The van der Waals surface area contributed by atoms with Crippen molar-refractivity contribution in [1.82, 2.24) is 19.5 Å². The fourth-order valence-electron chi connectivity index (χ4n) is 6.08. The van der Waals surface area contributed by atoms with E-state index in [1.54, 1.807) is 12.1 Å². The van der Waals surface area contributed by atoms with Gasteiger partial charge in [-0.3, -0.25) is 9.80 Å². The first-order chi connectivity index (χ1) is 16.8. The number of aromatic nitrogens is 1. The Bertz CT molecular complexity index is 894. The molecule has 2 unspecified atom stereocenters. The molecule has 2 atom stereocenters. The number of hydrogen-bond donors (Lipinski definition) is 2. The SMILES string of the molecule is CC1CC(CCNS(=O)(=O)c2ccc(NCC3(N4CCN(C(C)C)CC4)CCCC3)nc2)CCO1. The largest absolute Gasteiger partial charge is 0.378 e. The molecule has 9 heteroatoms. The molecular formula is C26H45N5O3S. The molecule has 2 saturated heterocycles. The number of ether oxygens (including phenoxy) is 1. The van der Waals surface area contributed by atoms with Crippen LogP contribution in [0.25, 0.3) is 0 Å². The lowest BCUT2D eigenvalue weighted by Crippen LogP contribution is -2.59. The third kappa shape index (κ3) is 6.95. The number of sulfonamides is 1. The molecule has 0 amide bonds. The van der Waals surface area contributed by atoms with E-state index in [0.29, 0.717) is 18.5 Å². The predicted molar refractivity (Wildman–Crippen MR) is 140 cm³/mol. The Morgan fingerprint density at radius 2 is 1.91 bits per heavy atom. The third-order valence-electron chi connectivity index (χ3n) is 8.33. The highest BCUT2D eigenvalue weighted by molar-refractivity contribution is 7.89. The molecule has 4 rings (SSSR count). The standard InChI is InChI=1S/C26H45N5O3S/c1-21(2)30-13-15-31(16-14-30)26(10-4-5-11-26)20-28-25-7-6-24(19-27-25)35(32,33)29-12-8-23-9-17-34-22(3)18-23/h6-7,19,21-23,29H,4-5,8-18,20H2,1-3H3,(H,27,28). The van der Waals surface area contributed by atoms with E-state index in [2.05, 4.69) is 45.6 Å². The molecule has 198 valence electrons. The van der Waals surface area contributed by atoms with Crippen LogP contribution >= 0.6 is 0 Å². The number of piperazine rings is 1. The van der Waals surface area contributed by atoms with E-state index >= 15 is 0 Å². The van der Waals surface area contributed by atoms with Gasteiger partial charge in [-0.1, -0.05) is 12.8 Å². The molecule has 1 aliphatic carbocycles. The summed E-state index contributed by atoms with van der Waals surface area (Å²) in [5.74, 6) is 1.26. The first kappa shape index (κ1) is 26.8. The highest BCUT2D eigenvalue weighted by atomic mass is 32.2. The lowest BCUT2D eigenvalue weighted by molar-refractivity contribution is 0.00128. The maximum Gasteiger partial charge on any atom is 0.242 e. The van der Waals surface area contributed by atoms with Crippen LogP contribution in [-0.2, 0) is 14.8 Å². The molecule has 2 N–H and O–H groups in total. The first-order valence-electron chi connectivity index (χ1n) is 13.6. The van der Waals surface area contributed by atoms with Crippen molar-refractivity contribution in [3.8, 4) is 0 Å². The van der Waals surface area contributed by atoms with Gasteiger partial charge < -0.3 is 10.1 Å². The van der Waals surface area contributed by atoms with Crippen molar-refractivity contribution in [1.29, 1.82) is 0 Å². The molecule has 35 heavy (non-hydrogen) atoms. The summed E-state index contributed by atoms with van der Waals surface area (Å²) in [6.07, 6.45) is 9.56. The summed E-state index contributed by atoms with van der Waals surface area (Å²) in [6, 6.07) is 4.07. The smallest absolute Gasteiger partial charge is 0.242 e. The molecule has 0 aromatic carbocycles. The maximum atomic E-state index is 12.7. The number of nitrogens with zero attached hydrogens (tertiary/aromatic N) is 3. The van der Waals surface area contributed by atoms with Crippen LogP contribution in [0.5, 0.6) is 0 Å². The molecule has 3 fully saturated rings. The normalized spacial score (nSPS) is 26.3. The van der Waals surface area contributed by atoms with Gasteiger partial charge in [0.25, 0.3) is 0 Å². The average Bonchev–Trinajstić information content (AvgIpc) is 3.33. The second-order valence-corrected chi connectivity index (χ2v) is 12.8. The van der Waals surface area contributed by atoms with Gasteiger partial charge in [0.1, 0.15) is 10.7 Å². The van der Waals surface area contributed by atoms with E-state index in [1.807, 2.05) is 0 Å². The Balaban J connectivity index is 1.28. The van der Waals surface area contributed by atoms with Gasteiger partial charge in [0, 0.05) is 63.7 Å². The van der Waals surface area contributed by atoms with Gasteiger partial charge >= 0.3 is 0 Å². The second-order valence-electron chi connectivity index (χ2n) is 11.0. The molecule has 3 aliphatic rings. The zero-order valence-electron chi connectivity index (χ0n) is 21.8. The van der Waals surface area contributed by atoms with Crippen molar-refractivity contribution in [3.63, 3.8) is 0 Å². The maximum absolute atomic E-state index is 12.7. The van der Waals surface area contributed by atoms with E-state index in [1.165, 1.54) is 31.9 Å². The van der Waals surface area contributed by atoms with E-state index in [4.69, 9.17) is 4.74 Å². The summed E-state index contributed by atoms with van der Waals surface area (Å²) < 4.78 is 33.8. The zero-order valence-corrected chi connectivity index (χ0v) is 22.7. The van der Waals surface area contributed by atoms with Gasteiger partial charge in [-0.15, -0.1) is 0 Å². The fourth-order valence-corrected chi connectivity index (χ4v) is 7.08. The van der Waals surface area contributed by atoms with Crippen LogP contribution in [0.1, 0.15) is 65.7 Å². The summed E-state index contributed by atoms with van der Waals surface area (Å²) in [6.45, 7) is 13.2. The Morgan fingerprint density at radius 1 is 1.17 bits per heavy atom. The molecule has 0 radical (unpaired) electrons. The van der Waals surface area contributed by atoms with Crippen molar-refractivity contribution in [3.05, 3.63) is 18.3 Å². The second kappa shape index (κ2) is 11.9. The van der Waals surface area contributed by atoms with E-state index in [-0.39, 0.29) is 16.5 Å². The molecule has 1 saturated carbocycles. The van der Waals surface area contributed by atoms with Crippen LogP contribution in [0.3, 0.4) is 0 Å². The molecular weight excluding hydrogens is 462 g/mol. The van der Waals surface area contributed by atoms with Gasteiger partial charge in [-0.25, -0.2) is 18.1 Å². The van der Waals surface area contributed by atoms with Crippen LogP contribution < -0.4 is 10.0 Å². The van der Waals surface area contributed by atoms with Crippen molar-refractivity contribution in [2.45, 2.75) is 88.3 Å². The topological polar surface area (TPSA) is 86.8 Å². The van der Waals surface area contributed by atoms with Crippen molar-refractivity contribution in [2.75, 3.05) is 51.2 Å². The minimum Gasteiger partial charge on any atom is -0.378 e. The fraction of sp³-hybridized carbons (Fsp3) is 0.808. The highest BCUT2D eigenvalue weighted by Gasteiger charge is 2.40. The van der Waals surface area contributed by atoms with Crippen LogP contribution in [-0.4, -0.2) is 86.8 Å². The first-order valence-corrected chi connectivity index (χ1v) is 15.1. The lowest BCUT2D eigenvalue weighted by atomic mass is 9.93. The third-order valence-corrected chi connectivity index (χ3v) is 9.78. The van der Waals surface area contributed by atoms with Crippen molar-refractivity contribution in [2.24, 2.45) is 5.92 Å². The Hall–Kier alpha value is -1.26. The number of anilines is 1. The van der Waals surface area contributed by atoms with E-state index < -0.39 is 10.0 Å². The number of hydrogen-bond acceptors (Lipinski definition) is 7. The number of pyridine rings is 1. The van der Waals surface area contributed by atoms with Crippen molar-refractivity contribution < 1.29 is 13.2 Å². The van der Waals surface area contributed by atoms with E-state index in [0.717, 1.165) is 64.4 Å². The van der Waals surface area contributed by atoms with Crippen LogP contribution in [0.15, 0.2) is 23.2 Å². The molecule has 1 aromatic heterocycles. The Morgan fingerprint density at radius 3 is 2.54 bits per heavy atom. The van der Waals surface area contributed by atoms with Gasteiger partial charge in [0.2, 0.25) is 10.0 Å². The highest BCUT2D eigenvalue weighted by Crippen LogP contribution is 2.36. The minimum absolute atomic E-state index is 0.179. The molecule has 1 aromatic rings. The Kier molecular flexibility index (Phi) is 9.08. The average molecular weight is 508 g/mol. The quantitative estimate of drug-likeness (QED) is 0.502. The van der Waals surface area contributed by atoms with Gasteiger partial charge in [-0.2, -0.15) is 0 Å². The molecule has 0 spiro atoms. The van der Waals surface area contributed by atoms with Gasteiger partial charge in [0.15, 0.2) is 0 Å². The van der Waals surface area contributed by atoms with Crippen LogP contribution in [0.4, 0.5) is 5.82 Å². The van der Waals surface area contributed by atoms with Gasteiger partial charge in [-0.05, 0) is 70.9 Å². The summed E-state index contributed by atoms with van der Waals surface area (Å²) in [5, 5.41) is 3.53. The minimum atomic E-state index is -3.55. The van der Waals surface area contributed by atoms with E-state index in [9.17, 15) is 8.42 Å². The zero-order chi connectivity index (χ0) is 24.9. The monoisotopic (exact) mass is 507 g/mol. The molecule has 8 nitrogen and oxygen atoms in total. The number of rotatable bonds is 10.